The summed E-state index contributed by atoms with van der Waals surface area (Å²) < 4.78 is 22.3. The van der Waals surface area contributed by atoms with Gasteiger partial charge in [-0.05, 0) is 13.3 Å². The molecule has 7 heteroatoms. The topological polar surface area (TPSA) is 83.5 Å². The van der Waals surface area contributed by atoms with E-state index in [2.05, 4.69) is 5.32 Å². The van der Waals surface area contributed by atoms with Crippen LogP contribution in [0.3, 0.4) is 0 Å². The fourth-order valence-electron chi connectivity index (χ4n) is 1.40. The Labute approximate surface area is 99.9 Å². The van der Waals surface area contributed by atoms with Crippen LogP contribution >= 0.6 is 11.8 Å². The summed E-state index contributed by atoms with van der Waals surface area (Å²) in [5.41, 5.74) is 0. The minimum absolute atomic E-state index is 0.0438. The Morgan fingerprint density at radius 1 is 1.62 bits per heavy atom. The van der Waals surface area contributed by atoms with Crippen LogP contribution in [0.15, 0.2) is 0 Å². The smallest absolute Gasteiger partial charge is 0.230 e. The van der Waals surface area contributed by atoms with Crippen LogP contribution in [-0.2, 0) is 14.6 Å². The number of aliphatic hydroxyl groups excluding tert-OH is 1. The standard InChI is InChI=1S/C9H17NO4S2/c1-7(11)4-10-9(12)5-15-8-2-3-16(13,14)6-8/h7-8,11H,2-6H2,1H3,(H,10,12)/t7-,8?/m0/s1. The van der Waals surface area contributed by atoms with E-state index in [0.29, 0.717) is 6.42 Å². The first kappa shape index (κ1) is 13.8. The summed E-state index contributed by atoms with van der Waals surface area (Å²) in [6.45, 7) is 1.83. The van der Waals surface area contributed by atoms with Gasteiger partial charge in [-0.3, -0.25) is 4.79 Å². The van der Waals surface area contributed by atoms with Gasteiger partial charge in [-0.2, -0.15) is 0 Å². The minimum Gasteiger partial charge on any atom is -0.392 e. The molecule has 0 bridgehead atoms. The molecule has 1 amide bonds. The molecule has 1 heterocycles. The van der Waals surface area contributed by atoms with Gasteiger partial charge in [-0.25, -0.2) is 8.42 Å². The lowest BCUT2D eigenvalue weighted by atomic mass is 10.4. The Hall–Kier alpha value is -0.270. The molecule has 1 aliphatic rings. The summed E-state index contributed by atoms with van der Waals surface area (Å²) in [5.74, 6) is 0.518. The molecule has 0 aromatic heterocycles. The van der Waals surface area contributed by atoms with Crippen molar-refractivity contribution in [3.63, 3.8) is 0 Å². The maximum absolute atomic E-state index is 11.3. The Bertz CT molecular complexity index is 339. The van der Waals surface area contributed by atoms with Crippen molar-refractivity contribution >= 4 is 27.5 Å². The van der Waals surface area contributed by atoms with Gasteiger partial charge in [0.15, 0.2) is 9.84 Å². The highest BCUT2D eigenvalue weighted by Gasteiger charge is 2.28. The summed E-state index contributed by atoms with van der Waals surface area (Å²) in [4.78, 5) is 11.3. The number of sulfone groups is 1. The minimum atomic E-state index is -2.86. The van der Waals surface area contributed by atoms with Crippen molar-refractivity contribution < 1.29 is 18.3 Å². The molecule has 1 unspecified atom stereocenters. The molecule has 5 nitrogen and oxygen atoms in total. The predicted molar refractivity (Wildman–Crippen MR) is 64.2 cm³/mol. The van der Waals surface area contributed by atoms with E-state index in [9.17, 15) is 13.2 Å². The van der Waals surface area contributed by atoms with E-state index in [1.54, 1.807) is 6.92 Å². The van der Waals surface area contributed by atoms with E-state index in [1.807, 2.05) is 0 Å². The van der Waals surface area contributed by atoms with Gasteiger partial charge in [0, 0.05) is 11.8 Å². The number of hydrogen-bond donors (Lipinski definition) is 2. The number of carbonyl (C=O) groups excluding carboxylic acids is 1. The second-order valence-corrected chi connectivity index (χ2v) is 7.51. The van der Waals surface area contributed by atoms with Crippen LogP contribution in [0.2, 0.25) is 0 Å². The van der Waals surface area contributed by atoms with Crippen molar-refractivity contribution in [2.45, 2.75) is 24.7 Å². The molecule has 2 N–H and O–H groups in total. The number of carbonyl (C=O) groups is 1. The molecule has 2 atom stereocenters. The number of hydrogen-bond acceptors (Lipinski definition) is 5. The molecule has 1 rings (SSSR count). The van der Waals surface area contributed by atoms with Gasteiger partial charge in [-0.15, -0.1) is 11.8 Å². The van der Waals surface area contributed by atoms with Gasteiger partial charge in [0.25, 0.3) is 0 Å². The van der Waals surface area contributed by atoms with Crippen LogP contribution < -0.4 is 5.32 Å². The third-order valence-electron chi connectivity index (χ3n) is 2.24. The van der Waals surface area contributed by atoms with Crippen LogP contribution in [0.25, 0.3) is 0 Å². The highest BCUT2D eigenvalue weighted by atomic mass is 32.2. The van der Waals surface area contributed by atoms with Gasteiger partial charge in [-0.1, -0.05) is 0 Å². The molecule has 16 heavy (non-hydrogen) atoms. The summed E-state index contributed by atoms with van der Waals surface area (Å²) >= 11 is 1.37. The normalized spacial score (nSPS) is 25.2. The number of aliphatic hydroxyl groups is 1. The summed E-state index contributed by atoms with van der Waals surface area (Å²) in [6, 6.07) is 0. The SMILES string of the molecule is C[C@H](O)CNC(=O)CSC1CCS(=O)(=O)C1. The zero-order valence-corrected chi connectivity index (χ0v) is 10.8. The zero-order valence-electron chi connectivity index (χ0n) is 9.18. The Balaban J connectivity index is 2.18. The maximum Gasteiger partial charge on any atom is 0.230 e. The van der Waals surface area contributed by atoms with Gasteiger partial charge in [0.1, 0.15) is 0 Å². The van der Waals surface area contributed by atoms with Gasteiger partial charge < -0.3 is 10.4 Å². The fourth-order valence-corrected chi connectivity index (χ4v) is 4.87. The summed E-state index contributed by atoms with van der Waals surface area (Å²) in [5, 5.41) is 11.6. The first-order valence-electron chi connectivity index (χ1n) is 5.16. The van der Waals surface area contributed by atoms with E-state index in [-0.39, 0.29) is 35.0 Å². The average Bonchev–Trinajstić information content (AvgIpc) is 2.52. The average molecular weight is 267 g/mol. The van der Waals surface area contributed by atoms with E-state index >= 15 is 0 Å². The Morgan fingerprint density at radius 3 is 2.81 bits per heavy atom. The van der Waals surface area contributed by atoms with Crippen molar-refractivity contribution in [1.82, 2.24) is 5.32 Å². The molecule has 0 aromatic carbocycles. The molecule has 0 aliphatic carbocycles. The Kier molecular flexibility index (Phi) is 5.07. The molecule has 0 radical (unpaired) electrons. The number of amides is 1. The van der Waals surface area contributed by atoms with E-state index in [4.69, 9.17) is 5.11 Å². The first-order valence-corrected chi connectivity index (χ1v) is 8.03. The molecule has 0 spiro atoms. The van der Waals surface area contributed by atoms with Crippen molar-refractivity contribution in [2.24, 2.45) is 0 Å². The molecule has 94 valence electrons. The molecule has 1 saturated heterocycles. The largest absolute Gasteiger partial charge is 0.392 e. The monoisotopic (exact) mass is 267 g/mol. The Morgan fingerprint density at radius 2 is 2.31 bits per heavy atom. The number of nitrogens with one attached hydrogen (secondary N) is 1. The van der Waals surface area contributed by atoms with E-state index in [1.165, 1.54) is 11.8 Å². The summed E-state index contributed by atoms with van der Waals surface area (Å²) in [7, 11) is -2.86. The van der Waals surface area contributed by atoms with Crippen LogP contribution in [0.4, 0.5) is 0 Å². The predicted octanol–water partition coefficient (Wildman–Crippen LogP) is -0.596. The van der Waals surface area contributed by atoms with Gasteiger partial charge in [0.05, 0.1) is 23.4 Å². The molecular formula is C9H17NO4S2. The molecule has 0 aromatic rings. The highest BCUT2D eigenvalue weighted by Crippen LogP contribution is 2.23. The quantitative estimate of drug-likeness (QED) is 0.695. The van der Waals surface area contributed by atoms with Crippen LogP contribution in [0, 0.1) is 0 Å². The lowest BCUT2D eigenvalue weighted by Crippen LogP contribution is -2.32. The van der Waals surface area contributed by atoms with Crippen molar-refractivity contribution in [2.75, 3.05) is 23.8 Å². The maximum atomic E-state index is 11.3. The third-order valence-corrected chi connectivity index (χ3v) is 5.52. The first-order chi connectivity index (χ1) is 7.39. The number of rotatable bonds is 5. The van der Waals surface area contributed by atoms with Crippen LogP contribution in [-0.4, -0.2) is 54.6 Å². The van der Waals surface area contributed by atoms with Gasteiger partial charge >= 0.3 is 0 Å². The lowest BCUT2D eigenvalue weighted by Gasteiger charge is -2.09. The highest BCUT2D eigenvalue weighted by molar-refractivity contribution is 8.02. The molecular weight excluding hydrogens is 250 g/mol. The lowest BCUT2D eigenvalue weighted by molar-refractivity contribution is -0.118. The summed E-state index contributed by atoms with van der Waals surface area (Å²) in [6.07, 6.45) is 0.0808. The zero-order chi connectivity index (χ0) is 12.2. The third kappa shape index (κ3) is 5.18. The van der Waals surface area contributed by atoms with Crippen LogP contribution in [0.1, 0.15) is 13.3 Å². The van der Waals surface area contributed by atoms with Gasteiger partial charge in [0.2, 0.25) is 5.91 Å². The van der Waals surface area contributed by atoms with Crippen LogP contribution in [0.5, 0.6) is 0 Å². The molecule has 1 fully saturated rings. The molecule has 1 aliphatic heterocycles. The van der Waals surface area contributed by atoms with Crippen molar-refractivity contribution in [3.8, 4) is 0 Å². The van der Waals surface area contributed by atoms with E-state index in [0.717, 1.165) is 0 Å². The second kappa shape index (κ2) is 5.88. The molecule has 0 saturated carbocycles. The van der Waals surface area contributed by atoms with Crippen molar-refractivity contribution in [3.05, 3.63) is 0 Å². The number of thioether (sulfide) groups is 1. The van der Waals surface area contributed by atoms with Crippen molar-refractivity contribution in [1.29, 1.82) is 0 Å². The van der Waals surface area contributed by atoms with E-state index < -0.39 is 15.9 Å². The second-order valence-electron chi connectivity index (χ2n) is 3.99. The fraction of sp³-hybridized carbons (Fsp3) is 0.889.